The van der Waals surface area contributed by atoms with Crippen molar-refractivity contribution < 1.29 is 19.1 Å². The Balaban J connectivity index is 1.97. The van der Waals surface area contributed by atoms with Gasteiger partial charge in [-0.25, -0.2) is 0 Å². The fraction of sp³-hybridized carbons (Fsp3) is 0.167. The van der Waals surface area contributed by atoms with Crippen molar-refractivity contribution in [3.8, 4) is 17.6 Å². The third-order valence-corrected chi connectivity index (χ3v) is 3.12. The van der Waals surface area contributed by atoms with Gasteiger partial charge in [-0.1, -0.05) is 6.07 Å². The van der Waals surface area contributed by atoms with E-state index in [4.69, 9.17) is 14.7 Å². The number of nitrogens with zero attached hydrogens (tertiary/aromatic N) is 1. The van der Waals surface area contributed by atoms with E-state index in [9.17, 15) is 9.59 Å². The van der Waals surface area contributed by atoms with Gasteiger partial charge in [-0.15, -0.1) is 0 Å². The first kappa shape index (κ1) is 17.8. The lowest BCUT2D eigenvalue weighted by atomic mass is 10.2. The number of carbonyl (C=O) groups excluding carboxylic acids is 2. The van der Waals surface area contributed by atoms with E-state index < -0.39 is 0 Å². The number of ether oxygens (including phenoxy) is 2. The van der Waals surface area contributed by atoms with Crippen LogP contribution in [0.5, 0.6) is 11.5 Å². The number of rotatable bonds is 6. The van der Waals surface area contributed by atoms with E-state index in [1.807, 2.05) is 6.07 Å². The van der Waals surface area contributed by atoms with E-state index in [2.05, 4.69) is 10.6 Å². The molecule has 0 heterocycles. The minimum absolute atomic E-state index is 0.195. The van der Waals surface area contributed by atoms with Gasteiger partial charge >= 0.3 is 0 Å². The zero-order valence-electron chi connectivity index (χ0n) is 13.8. The van der Waals surface area contributed by atoms with Gasteiger partial charge in [-0.3, -0.25) is 9.59 Å². The third kappa shape index (κ3) is 5.25. The molecule has 0 saturated carbocycles. The van der Waals surface area contributed by atoms with E-state index in [-0.39, 0.29) is 18.4 Å². The zero-order valence-corrected chi connectivity index (χ0v) is 13.8. The van der Waals surface area contributed by atoms with Gasteiger partial charge in [0.15, 0.2) is 18.1 Å². The average molecular weight is 339 g/mol. The van der Waals surface area contributed by atoms with Crippen LogP contribution < -0.4 is 20.1 Å². The first-order valence-corrected chi connectivity index (χ1v) is 7.40. The summed E-state index contributed by atoms with van der Waals surface area (Å²) in [5, 5.41) is 14.2. The lowest BCUT2D eigenvalue weighted by molar-refractivity contribution is -0.118. The van der Waals surface area contributed by atoms with Gasteiger partial charge < -0.3 is 20.1 Å². The van der Waals surface area contributed by atoms with Crippen molar-refractivity contribution in [2.75, 3.05) is 24.4 Å². The smallest absolute Gasteiger partial charge is 0.262 e. The van der Waals surface area contributed by atoms with Crippen molar-refractivity contribution in [1.29, 1.82) is 5.26 Å². The Labute approximate surface area is 145 Å². The van der Waals surface area contributed by atoms with E-state index in [1.165, 1.54) is 20.1 Å². The van der Waals surface area contributed by atoms with Crippen molar-refractivity contribution in [1.82, 2.24) is 0 Å². The Hall–Kier alpha value is -3.53. The van der Waals surface area contributed by atoms with Crippen molar-refractivity contribution in [3.05, 3.63) is 48.0 Å². The van der Waals surface area contributed by atoms with Gasteiger partial charge in [0.1, 0.15) is 0 Å². The van der Waals surface area contributed by atoms with Crippen LogP contribution in [0.1, 0.15) is 12.5 Å². The molecule has 0 spiro atoms. The van der Waals surface area contributed by atoms with Crippen LogP contribution in [0.4, 0.5) is 11.4 Å². The molecule has 0 aliphatic carbocycles. The van der Waals surface area contributed by atoms with Gasteiger partial charge in [0.05, 0.1) is 18.7 Å². The maximum absolute atomic E-state index is 12.0. The Morgan fingerprint density at radius 3 is 2.44 bits per heavy atom. The predicted octanol–water partition coefficient (Wildman–Crippen LogP) is 2.54. The number of benzene rings is 2. The van der Waals surface area contributed by atoms with Crippen LogP contribution in [-0.4, -0.2) is 25.5 Å². The molecule has 0 aliphatic heterocycles. The maximum Gasteiger partial charge on any atom is 0.262 e. The molecule has 0 radical (unpaired) electrons. The SMILES string of the molecule is COc1cc(C#N)ccc1OCC(=O)Nc1cccc(NC(C)=O)c1. The van der Waals surface area contributed by atoms with Crippen LogP contribution in [0, 0.1) is 11.3 Å². The fourth-order valence-electron chi connectivity index (χ4n) is 2.07. The molecule has 2 amide bonds. The monoisotopic (exact) mass is 339 g/mol. The van der Waals surface area contributed by atoms with E-state index in [0.29, 0.717) is 28.4 Å². The van der Waals surface area contributed by atoms with Gasteiger partial charge in [-0.05, 0) is 30.3 Å². The Morgan fingerprint density at radius 2 is 1.80 bits per heavy atom. The highest BCUT2D eigenvalue weighted by Crippen LogP contribution is 2.27. The summed E-state index contributed by atoms with van der Waals surface area (Å²) in [6, 6.07) is 13.5. The molecule has 0 unspecified atom stereocenters. The summed E-state index contributed by atoms with van der Waals surface area (Å²) in [5.74, 6) is 0.175. The minimum atomic E-state index is -0.369. The molecule has 2 N–H and O–H groups in total. The number of hydrogen-bond acceptors (Lipinski definition) is 5. The molecule has 2 aromatic rings. The molecule has 0 bridgehead atoms. The summed E-state index contributed by atoms with van der Waals surface area (Å²) in [4.78, 5) is 23.1. The van der Waals surface area contributed by atoms with Crippen LogP contribution >= 0.6 is 0 Å². The van der Waals surface area contributed by atoms with Crippen LogP contribution in [0.25, 0.3) is 0 Å². The standard InChI is InChI=1S/C18H17N3O4/c1-12(22)20-14-4-3-5-15(9-14)21-18(23)11-25-16-7-6-13(10-19)8-17(16)24-2/h3-9H,11H2,1-2H3,(H,20,22)(H,21,23). The summed E-state index contributed by atoms with van der Waals surface area (Å²) in [6.07, 6.45) is 0. The fourth-order valence-corrected chi connectivity index (χ4v) is 2.07. The number of amides is 2. The van der Waals surface area contributed by atoms with Gasteiger partial charge in [-0.2, -0.15) is 5.26 Å². The summed E-state index contributed by atoms with van der Waals surface area (Å²) in [5.41, 5.74) is 1.55. The largest absolute Gasteiger partial charge is 0.493 e. The normalized spacial score (nSPS) is 9.64. The van der Waals surface area contributed by atoms with Crippen molar-refractivity contribution in [3.63, 3.8) is 0 Å². The van der Waals surface area contributed by atoms with Gasteiger partial charge in [0.25, 0.3) is 5.91 Å². The van der Waals surface area contributed by atoms with E-state index >= 15 is 0 Å². The van der Waals surface area contributed by atoms with E-state index in [1.54, 1.807) is 36.4 Å². The third-order valence-electron chi connectivity index (χ3n) is 3.12. The lowest BCUT2D eigenvalue weighted by Gasteiger charge is -2.11. The molecule has 0 saturated heterocycles. The van der Waals surface area contributed by atoms with E-state index in [0.717, 1.165) is 0 Å². The molecule has 128 valence electrons. The summed E-state index contributed by atoms with van der Waals surface area (Å²) >= 11 is 0. The molecule has 7 heteroatoms. The highest BCUT2D eigenvalue weighted by atomic mass is 16.5. The van der Waals surface area contributed by atoms with Crippen molar-refractivity contribution >= 4 is 23.2 Å². The molecule has 25 heavy (non-hydrogen) atoms. The van der Waals surface area contributed by atoms with Crippen molar-refractivity contribution in [2.45, 2.75) is 6.92 Å². The first-order valence-electron chi connectivity index (χ1n) is 7.40. The number of nitriles is 1. The second-order valence-corrected chi connectivity index (χ2v) is 5.08. The quantitative estimate of drug-likeness (QED) is 0.842. The second kappa shape index (κ2) is 8.36. The Kier molecular flexibility index (Phi) is 5.96. The molecule has 0 aromatic heterocycles. The highest BCUT2D eigenvalue weighted by molar-refractivity contribution is 5.94. The van der Waals surface area contributed by atoms with Gasteiger partial charge in [0, 0.05) is 24.4 Å². The predicted molar refractivity (Wildman–Crippen MR) is 92.6 cm³/mol. The van der Waals surface area contributed by atoms with Crippen LogP contribution in [0.15, 0.2) is 42.5 Å². The number of hydrogen-bond donors (Lipinski definition) is 2. The molecule has 7 nitrogen and oxygen atoms in total. The first-order chi connectivity index (χ1) is 12.0. The second-order valence-electron chi connectivity index (χ2n) is 5.08. The van der Waals surface area contributed by atoms with Crippen LogP contribution in [-0.2, 0) is 9.59 Å². The molecular formula is C18H17N3O4. The molecule has 0 fully saturated rings. The summed E-state index contributed by atoms with van der Waals surface area (Å²) < 4.78 is 10.6. The molecular weight excluding hydrogens is 322 g/mol. The molecule has 2 aromatic carbocycles. The topological polar surface area (TPSA) is 100 Å². The van der Waals surface area contributed by atoms with Gasteiger partial charge in [0.2, 0.25) is 5.91 Å². The molecule has 0 aliphatic rings. The van der Waals surface area contributed by atoms with Crippen LogP contribution in [0.2, 0.25) is 0 Å². The van der Waals surface area contributed by atoms with Crippen LogP contribution in [0.3, 0.4) is 0 Å². The minimum Gasteiger partial charge on any atom is -0.493 e. The van der Waals surface area contributed by atoms with Crippen molar-refractivity contribution in [2.24, 2.45) is 0 Å². The number of anilines is 2. The Morgan fingerprint density at radius 1 is 1.08 bits per heavy atom. The zero-order chi connectivity index (χ0) is 18.2. The summed E-state index contributed by atoms with van der Waals surface area (Å²) in [6.45, 7) is 1.18. The maximum atomic E-state index is 12.0. The number of carbonyl (C=O) groups is 2. The highest BCUT2D eigenvalue weighted by Gasteiger charge is 2.09. The molecule has 0 atom stereocenters. The summed E-state index contributed by atoms with van der Waals surface area (Å²) in [7, 11) is 1.46. The molecule has 2 rings (SSSR count). The average Bonchev–Trinajstić information content (AvgIpc) is 2.59. The Bertz CT molecular complexity index is 827. The lowest BCUT2D eigenvalue weighted by Crippen LogP contribution is -2.20. The number of methoxy groups -OCH3 is 1. The number of nitrogens with one attached hydrogen (secondary N) is 2.